The molecule has 128 valence electrons. The van der Waals surface area contributed by atoms with Crippen molar-refractivity contribution in [3.05, 3.63) is 95.0 Å². The molecular formula is C23H19ClN2. The molecular weight excluding hydrogens is 340 g/mol. The Hall–Kier alpha value is -2.84. The van der Waals surface area contributed by atoms with Crippen molar-refractivity contribution in [1.82, 2.24) is 9.78 Å². The van der Waals surface area contributed by atoms with Crippen molar-refractivity contribution < 1.29 is 0 Å². The van der Waals surface area contributed by atoms with Crippen LogP contribution in [0.3, 0.4) is 0 Å². The molecule has 3 heteroatoms. The molecule has 1 heterocycles. The van der Waals surface area contributed by atoms with Gasteiger partial charge in [0.25, 0.3) is 0 Å². The molecule has 0 bridgehead atoms. The van der Waals surface area contributed by atoms with Gasteiger partial charge in [0.15, 0.2) is 0 Å². The van der Waals surface area contributed by atoms with Crippen LogP contribution in [0.4, 0.5) is 0 Å². The van der Waals surface area contributed by atoms with Crippen molar-refractivity contribution in [3.8, 4) is 28.2 Å². The van der Waals surface area contributed by atoms with Crippen LogP contribution in [0.5, 0.6) is 0 Å². The Morgan fingerprint density at radius 3 is 1.96 bits per heavy atom. The molecule has 1 aromatic heterocycles. The van der Waals surface area contributed by atoms with E-state index >= 15 is 0 Å². The van der Waals surface area contributed by atoms with E-state index in [0.717, 1.165) is 28.2 Å². The summed E-state index contributed by atoms with van der Waals surface area (Å²) in [5, 5.41) is 5.58. The summed E-state index contributed by atoms with van der Waals surface area (Å²) in [5.74, 6) is 0. The standard InChI is InChI=1S/C23H19ClN2/c1-16-6-10-18(11-7-16)22-15-23(19-12-8-17(2)9-13-19)26(25-22)21-5-3-4-20(24)14-21/h3-15H,1-2H3. The fraction of sp³-hybridized carbons (Fsp3) is 0.0870. The summed E-state index contributed by atoms with van der Waals surface area (Å²) in [6.07, 6.45) is 0. The Morgan fingerprint density at radius 1 is 0.731 bits per heavy atom. The number of hydrogen-bond acceptors (Lipinski definition) is 1. The Kier molecular flexibility index (Phi) is 4.36. The molecule has 0 amide bonds. The fourth-order valence-electron chi connectivity index (χ4n) is 2.98. The molecule has 0 fully saturated rings. The summed E-state index contributed by atoms with van der Waals surface area (Å²) in [6, 6.07) is 26.9. The number of aromatic nitrogens is 2. The maximum absolute atomic E-state index is 6.21. The van der Waals surface area contributed by atoms with Crippen LogP contribution >= 0.6 is 11.6 Å². The van der Waals surface area contributed by atoms with Crippen LogP contribution in [-0.2, 0) is 0 Å². The van der Waals surface area contributed by atoms with Gasteiger partial charge in [-0.2, -0.15) is 5.10 Å². The van der Waals surface area contributed by atoms with Gasteiger partial charge in [-0.1, -0.05) is 77.3 Å². The lowest BCUT2D eigenvalue weighted by Gasteiger charge is -2.08. The van der Waals surface area contributed by atoms with Crippen LogP contribution in [0.2, 0.25) is 5.02 Å². The van der Waals surface area contributed by atoms with Crippen LogP contribution in [-0.4, -0.2) is 9.78 Å². The molecule has 0 saturated heterocycles. The lowest BCUT2D eigenvalue weighted by Crippen LogP contribution is -1.99. The monoisotopic (exact) mass is 358 g/mol. The highest BCUT2D eigenvalue weighted by Crippen LogP contribution is 2.29. The first-order valence-corrected chi connectivity index (χ1v) is 8.98. The second kappa shape index (κ2) is 6.81. The fourth-order valence-corrected chi connectivity index (χ4v) is 3.17. The molecule has 0 N–H and O–H groups in total. The zero-order chi connectivity index (χ0) is 18.1. The Bertz CT molecular complexity index is 1040. The van der Waals surface area contributed by atoms with Crippen LogP contribution < -0.4 is 0 Å². The zero-order valence-corrected chi connectivity index (χ0v) is 15.5. The molecule has 0 aliphatic rings. The van der Waals surface area contributed by atoms with E-state index in [2.05, 4.69) is 68.4 Å². The van der Waals surface area contributed by atoms with Gasteiger partial charge in [0.2, 0.25) is 0 Å². The molecule has 0 spiro atoms. The minimum absolute atomic E-state index is 0.699. The molecule has 26 heavy (non-hydrogen) atoms. The van der Waals surface area contributed by atoms with Gasteiger partial charge >= 0.3 is 0 Å². The summed E-state index contributed by atoms with van der Waals surface area (Å²) in [7, 11) is 0. The first kappa shape index (κ1) is 16.6. The first-order valence-electron chi connectivity index (χ1n) is 8.60. The number of nitrogens with zero attached hydrogens (tertiary/aromatic N) is 2. The average molecular weight is 359 g/mol. The molecule has 0 radical (unpaired) electrons. The lowest BCUT2D eigenvalue weighted by molar-refractivity contribution is 0.892. The van der Waals surface area contributed by atoms with E-state index in [9.17, 15) is 0 Å². The van der Waals surface area contributed by atoms with E-state index in [1.165, 1.54) is 11.1 Å². The second-order valence-electron chi connectivity index (χ2n) is 6.54. The number of rotatable bonds is 3. The third-order valence-corrected chi connectivity index (χ3v) is 4.69. The van der Waals surface area contributed by atoms with E-state index < -0.39 is 0 Å². The minimum atomic E-state index is 0.699. The van der Waals surface area contributed by atoms with Crippen molar-refractivity contribution in [2.75, 3.05) is 0 Å². The zero-order valence-electron chi connectivity index (χ0n) is 14.8. The summed E-state index contributed by atoms with van der Waals surface area (Å²) in [6.45, 7) is 4.18. The van der Waals surface area contributed by atoms with Crippen LogP contribution in [0.25, 0.3) is 28.2 Å². The molecule has 4 rings (SSSR count). The molecule has 0 aliphatic carbocycles. The maximum atomic E-state index is 6.21. The highest BCUT2D eigenvalue weighted by molar-refractivity contribution is 6.30. The average Bonchev–Trinajstić information content (AvgIpc) is 3.08. The summed E-state index contributed by atoms with van der Waals surface area (Å²) in [4.78, 5) is 0. The van der Waals surface area contributed by atoms with E-state index in [-0.39, 0.29) is 0 Å². The van der Waals surface area contributed by atoms with Crippen molar-refractivity contribution >= 4 is 11.6 Å². The Labute approximate surface area is 158 Å². The van der Waals surface area contributed by atoms with Gasteiger partial charge < -0.3 is 0 Å². The van der Waals surface area contributed by atoms with Crippen molar-refractivity contribution in [3.63, 3.8) is 0 Å². The molecule has 0 saturated carbocycles. The summed E-state index contributed by atoms with van der Waals surface area (Å²) >= 11 is 6.21. The van der Waals surface area contributed by atoms with Gasteiger partial charge in [0, 0.05) is 16.1 Å². The number of hydrogen-bond donors (Lipinski definition) is 0. The van der Waals surface area contributed by atoms with Crippen LogP contribution in [0.1, 0.15) is 11.1 Å². The quantitative estimate of drug-likeness (QED) is 0.410. The largest absolute Gasteiger partial charge is 0.232 e. The number of benzene rings is 3. The lowest BCUT2D eigenvalue weighted by atomic mass is 10.1. The third-order valence-electron chi connectivity index (χ3n) is 4.46. The predicted octanol–water partition coefficient (Wildman–Crippen LogP) is 6.48. The van der Waals surface area contributed by atoms with E-state index in [4.69, 9.17) is 16.7 Å². The summed E-state index contributed by atoms with van der Waals surface area (Å²) in [5.41, 5.74) is 7.64. The minimum Gasteiger partial charge on any atom is -0.232 e. The van der Waals surface area contributed by atoms with Crippen molar-refractivity contribution in [2.45, 2.75) is 13.8 Å². The van der Waals surface area contributed by atoms with Crippen LogP contribution in [0, 0.1) is 13.8 Å². The van der Waals surface area contributed by atoms with Gasteiger partial charge in [-0.3, -0.25) is 0 Å². The molecule has 4 aromatic rings. The smallest absolute Gasteiger partial charge is 0.0934 e. The SMILES string of the molecule is Cc1ccc(-c2cc(-c3ccc(C)cc3)n(-c3cccc(Cl)c3)n2)cc1. The molecule has 2 nitrogen and oxygen atoms in total. The van der Waals surface area contributed by atoms with Gasteiger partial charge in [-0.15, -0.1) is 0 Å². The van der Waals surface area contributed by atoms with Crippen molar-refractivity contribution in [2.24, 2.45) is 0 Å². The first-order chi connectivity index (χ1) is 12.6. The van der Waals surface area contributed by atoms with Gasteiger partial charge in [0.1, 0.15) is 0 Å². The highest BCUT2D eigenvalue weighted by Gasteiger charge is 2.13. The third kappa shape index (κ3) is 3.29. The van der Waals surface area contributed by atoms with E-state index in [1.807, 2.05) is 28.9 Å². The second-order valence-corrected chi connectivity index (χ2v) is 6.97. The summed E-state index contributed by atoms with van der Waals surface area (Å²) < 4.78 is 1.96. The molecule has 0 aliphatic heterocycles. The van der Waals surface area contributed by atoms with Gasteiger partial charge in [0.05, 0.1) is 17.1 Å². The highest BCUT2D eigenvalue weighted by atomic mass is 35.5. The normalized spacial score (nSPS) is 10.9. The Balaban J connectivity index is 1.90. The maximum Gasteiger partial charge on any atom is 0.0934 e. The molecule has 3 aromatic carbocycles. The van der Waals surface area contributed by atoms with Crippen LogP contribution in [0.15, 0.2) is 78.9 Å². The number of aryl methyl sites for hydroxylation is 2. The van der Waals surface area contributed by atoms with Gasteiger partial charge in [-0.25, -0.2) is 4.68 Å². The topological polar surface area (TPSA) is 17.8 Å². The predicted molar refractivity (Wildman–Crippen MR) is 109 cm³/mol. The van der Waals surface area contributed by atoms with Crippen molar-refractivity contribution in [1.29, 1.82) is 0 Å². The number of halogens is 1. The van der Waals surface area contributed by atoms with Gasteiger partial charge in [-0.05, 0) is 38.1 Å². The molecule has 0 unspecified atom stereocenters. The van der Waals surface area contributed by atoms with E-state index in [1.54, 1.807) is 0 Å². The molecule has 0 atom stereocenters. The van der Waals surface area contributed by atoms with E-state index in [0.29, 0.717) is 5.02 Å². The Morgan fingerprint density at radius 2 is 1.35 bits per heavy atom.